The van der Waals surface area contributed by atoms with Crippen LogP contribution in [0.15, 0.2) is 60.7 Å². The molecule has 0 unspecified atom stereocenters. The molecule has 1 aliphatic rings. The molecule has 4 aromatic rings. The smallest absolute Gasteiger partial charge is 0.195 e. The molecular formula is C28H25ClNO6PS-2. The topological polar surface area (TPSA) is 113 Å². The molecule has 0 aliphatic carbocycles. The Bertz CT molecular complexity index is 1520. The fraction of sp³-hybridized carbons (Fsp3) is 0.250. The Balaban J connectivity index is 1.45. The predicted octanol–water partition coefficient (Wildman–Crippen LogP) is 4.56. The molecule has 1 aromatic heterocycles. The highest BCUT2D eigenvalue weighted by atomic mass is 35.5. The van der Waals surface area contributed by atoms with Crippen LogP contribution in [0.3, 0.4) is 0 Å². The SMILES string of the molecule is O=C(c1ccc(OCCN2CCCCC2)cc1)c1c(-c2ccc(O)c(Cl)c2)sc2cc(P(=O)([O-])[O-])ccc12. The third-order valence-electron chi connectivity index (χ3n) is 6.67. The number of ether oxygens (including phenoxy) is 1. The Labute approximate surface area is 229 Å². The van der Waals surface area contributed by atoms with Crippen LogP contribution in [0, 0.1) is 0 Å². The van der Waals surface area contributed by atoms with E-state index < -0.39 is 7.60 Å². The van der Waals surface area contributed by atoms with Crippen molar-refractivity contribution in [2.45, 2.75) is 19.3 Å². The van der Waals surface area contributed by atoms with Gasteiger partial charge >= 0.3 is 0 Å². The number of piperidine rings is 1. The first-order valence-electron chi connectivity index (χ1n) is 12.3. The third kappa shape index (κ3) is 5.81. The normalized spacial score (nSPS) is 14.6. The van der Waals surface area contributed by atoms with Crippen LogP contribution in [0.2, 0.25) is 5.02 Å². The molecule has 10 heteroatoms. The maximum atomic E-state index is 13.8. The van der Waals surface area contributed by atoms with Crippen LogP contribution in [0.5, 0.6) is 11.5 Å². The molecule has 1 aliphatic heterocycles. The zero-order chi connectivity index (χ0) is 26.9. The maximum absolute atomic E-state index is 13.8. The number of fused-ring (bicyclic) bond motifs is 1. The fourth-order valence-corrected chi connectivity index (χ4v) is 6.70. The Morgan fingerprint density at radius 2 is 1.76 bits per heavy atom. The second-order valence-corrected chi connectivity index (χ2v) is 12.2. The van der Waals surface area contributed by atoms with Gasteiger partial charge in [0.2, 0.25) is 0 Å². The minimum atomic E-state index is -4.97. The molecule has 1 N–H and O–H groups in total. The molecule has 0 amide bonds. The molecule has 0 radical (unpaired) electrons. The zero-order valence-corrected chi connectivity index (χ0v) is 22.9. The minimum Gasteiger partial charge on any atom is -0.807 e. The first-order chi connectivity index (χ1) is 18.2. The Morgan fingerprint density at radius 3 is 2.45 bits per heavy atom. The molecule has 3 aromatic carbocycles. The number of thiophene rings is 1. The van der Waals surface area contributed by atoms with E-state index in [2.05, 4.69) is 4.90 Å². The second-order valence-electron chi connectivity index (χ2n) is 9.25. The highest BCUT2D eigenvalue weighted by molar-refractivity contribution is 7.57. The van der Waals surface area contributed by atoms with Gasteiger partial charge in [-0.3, -0.25) is 9.69 Å². The second kappa shape index (κ2) is 11.2. The van der Waals surface area contributed by atoms with E-state index in [4.69, 9.17) is 16.3 Å². The molecule has 0 atom stereocenters. The zero-order valence-electron chi connectivity index (χ0n) is 20.4. The summed E-state index contributed by atoms with van der Waals surface area (Å²) in [5.74, 6) is 0.308. The summed E-state index contributed by atoms with van der Waals surface area (Å²) in [4.78, 5) is 40.0. The van der Waals surface area contributed by atoms with Crippen molar-refractivity contribution in [1.82, 2.24) is 4.90 Å². The number of benzene rings is 3. The summed E-state index contributed by atoms with van der Waals surface area (Å²) in [5.41, 5.74) is 1.38. The van der Waals surface area contributed by atoms with Crippen LogP contribution in [-0.4, -0.2) is 42.0 Å². The molecule has 198 valence electrons. The lowest BCUT2D eigenvalue weighted by Crippen LogP contribution is -2.33. The molecule has 5 rings (SSSR count). The average Bonchev–Trinajstić information content (AvgIpc) is 3.29. The number of nitrogens with zero attached hydrogens (tertiary/aromatic N) is 1. The van der Waals surface area contributed by atoms with E-state index in [1.165, 1.54) is 54.9 Å². The van der Waals surface area contributed by atoms with Crippen molar-refractivity contribution in [1.29, 1.82) is 0 Å². The van der Waals surface area contributed by atoms with Gasteiger partial charge in [-0.15, -0.1) is 11.3 Å². The molecule has 0 bridgehead atoms. The van der Waals surface area contributed by atoms with Crippen molar-refractivity contribution in [3.05, 3.63) is 76.8 Å². The number of hydrogen-bond acceptors (Lipinski definition) is 8. The average molecular weight is 570 g/mol. The summed E-state index contributed by atoms with van der Waals surface area (Å²) >= 11 is 7.32. The van der Waals surface area contributed by atoms with Crippen LogP contribution in [0.4, 0.5) is 0 Å². The van der Waals surface area contributed by atoms with Crippen LogP contribution >= 0.6 is 30.5 Å². The molecule has 0 saturated carbocycles. The summed E-state index contributed by atoms with van der Waals surface area (Å²) in [6.45, 7) is 3.63. The van der Waals surface area contributed by atoms with Crippen molar-refractivity contribution in [3.8, 4) is 21.9 Å². The standard InChI is InChI=1S/C28H27ClNO6PS/c29-23-16-19(6-11-24(23)31)28-26(22-10-9-21(37(33,34)35)17-25(22)38-28)27(32)18-4-7-20(8-5-18)36-15-14-30-12-2-1-3-13-30/h4-11,16-17,31H,1-3,12-15H2,(H2,33,34,35)/p-2. The highest BCUT2D eigenvalue weighted by Crippen LogP contribution is 2.42. The quantitative estimate of drug-likeness (QED) is 0.244. The van der Waals surface area contributed by atoms with Crippen LogP contribution < -0.4 is 19.8 Å². The lowest BCUT2D eigenvalue weighted by atomic mass is 9.97. The van der Waals surface area contributed by atoms with E-state index in [0.717, 1.165) is 19.6 Å². The Kier molecular flexibility index (Phi) is 7.91. The van der Waals surface area contributed by atoms with E-state index in [0.29, 0.717) is 44.0 Å². The molecular weight excluding hydrogens is 545 g/mol. The van der Waals surface area contributed by atoms with Gasteiger partial charge in [0.1, 0.15) is 18.1 Å². The fourth-order valence-electron chi connectivity index (χ4n) is 4.65. The molecule has 38 heavy (non-hydrogen) atoms. The van der Waals surface area contributed by atoms with Gasteiger partial charge in [-0.05, 0) is 92.9 Å². The van der Waals surface area contributed by atoms with E-state index in [1.54, 1.807) is 36.4 Å². The first kappa shape index (κ1) is 26.9. The minimum absolute atomic E-state index is 0.0961. The number of phenols is 1. The van der Waals surface area contributed by atoms with Crippen molar-refractivity contribution in [2.24, 2.45) is 0 Å². The van der Waals surface area contributed by atoms with Crippen molar-refractivity contribution in [2.75, 3.05) is 26.2 Å². The Morgan fingerprint density at radius 1 is 1.03 bits per heavy atom. The van der Waals surface area contributed by atoms with Crippen LogP contribution in [0.1, 0.15) is 35.2 Å². The number of halogens is 1. The number of carbonyl (C=O) groups is 1. The molecule has 1 saturated heterocycles. The monoisotopic (exact) mass is 569 g/mol. The van der Waals surface area contributed by atoms with Gasteiger partial charge in [0.05, 0.1) is 5.02 Å². The van der Waals surface area contributed by atoms with E-state index in [9.17, 15) is 24.3 Å². The summed E-state index contributed by atoms with van der Waals surface area (Å²) in [5, 5.41) is 10.2. The van der Waals surface area contributed by atoms with Gasteiger partial charge in [-0.25, -0.2) is 0 Å². The third-order valence-corrected chi connectivity index (χ3v) is 9.08. The number of rotatable bonds is 8. The molecule has 7 nitrogen and oxygen atoms in total. The largest absolute Gasteiger partial charge is 0.807 e. The summed E-state index contributed by atoms with van der Waals surface area (Å²) in [6.07, 6.45) is 3.73. The van der Waals surface area contributed by atoms with Gasteiger partial charge in [-0.1, -0.05) is 30.2 Å². The van der Waals surface area contributed by atoms with E-state index in [1.807, 2.05) is 0 Å². The van der Waals surface area contributed by atoms with Gasteiger partial charge in [0, 0.05) is 32.6 Å². The van der Waals surface area contributed by atoms with Crippen molar-refractivity contribution >= 4 is 51.7 Å². The number of hydrogen-bond donors (Lipinski definition) is 1. The number of likely N-dealkylation sites (tertiary alicyclic amines) is 1. The van der Waals surface area contributed by atoms with Crippen LogP contribution in [-0.2, 0) is 4.57 Å². The Hall–Kier alpha value is -2.71. The number of carbonyl (C=O) groups excluding carboxylic acids is 1. The van der Waals surface area contributed by atoms with Gasteiger partial charge in [0.15, 0.2) is 5.78 Å². The van der Waals surface area contributed by atoms with Crippen molar-refractivity contribution in [3.63, 3.8) is 0 Å². The van der Waals surface area contributed by atoms with Crippen LogP contribution in [0.25, 0.3) is 20.5 Å². The first-order valence-corrected chi connectivity index (χ1v) is 15.0. The van der Waals surface area contributed by atoms with Gasteiger partial charge in [0.25, 0.3) is 0 Å². The van der Waals surface area contributed by atoms with E-state index in [-0.39, 0.29) is 21.9 Å². The van der Waals surface area contributed by atoms with Gasteiger partial charge in [-0.2, -0.15) is 0 Å². The highest BCUT2D eigenvalue weighted by Gasteiger charge is 2.23. The lowest BCUT2D eigenvalue weighted by Gasteiger charge is -2.29. The molecule has 1 fully saturated rings. The maximum Gasteiger partial charge on any atom is 0.195 e. The van der Waals surface area contributed by atoms with E-state index >= 15 is 0 Å². The number of phenolic OH excluding ortho intramolecular Hbond substituents is 1. The summed E-state index contributed by atoms with van der Waals surface area (Å²) < 4.78 is 18.0. The lowest BCUT2D eigenvalue weighted by molar-refractivity contribution is -0.307. The summed E-state index contributed by atoms with van der Waals surface area (Å²) in [6, 6.07) is 15.5. The predicted molar refractivity (Wildman–Crippen MR) is 147 cm³/mol. The molecule has 2 heterocycles. The number of ketones is 1. The van der Waals surface area contributed by atoms with Crippen molar-refractivity contribution < 1.29 is 29.0 Å². The summed E-state index contributed by atoms with van der Waals surface area (Å²) in [7, 11) is -4.97. The molecule has 0 spiro atoms. The number of aromatic hydroxyl groups is 1. The van der Waals surface area contributed by atoms with Gasteiger partial charge < -0.3 is 24.2 Å².